The smallest absolute Gasteiger partial charge is 0.320 e. The van der Waals surface area contributed by atoms with E-state index in [1.54, 1.807) is 0 Å². The predicted octanol–water partition coefficient (Wildman–Crippen LogP) is 3.90. The fourth-order valence-electron chi connectivity index (χ4n) is 4.64. The number of aryl methyl sites for hydroxylation is 1. The summed E-state index contributed by atoms with van der Waals surface area (Å²) in [5.41, 5.74) is 1.68. The first-order valence-electron chi connectivity index (χ1n) is 9.07. The number of carbonyl (C=O) groups is 2. The summed E-state index contributed by atoms with van der Waals surface area (Å²) in [6, 6.07) is 6.16. The van der Waals surface area contributed by atoms with Crippen LogP contribution in [0.4, 0.5) is 0 Å². The lowest BCUT2D eigenvalue weighted by Crippen LogP contribution is -2.48. The van der Waals surface area contributed by atoms with Gasteiger partial charge in [-0.25, -0.2) is 0 Å². The van der Waals surface area contributed by atoms with Crippen LogP contribution in [0.1, 0.15) is 57.1 Å². The van der Waals surface area contributed by atoms with E-state index in [0.29, 0.717) is 12.8 Å². The van der Waals surface area contributed by atoms with Gasteiger partial charge in [-0.05, 0) is 57.2 Å². The minimum absolute atomic E-state index is 0.0550. The maximum absolute atomic E-state index is 13.5. The molecule has 0 radical (unpaired) electrons. The van der Waals surface area contributed by atoms with E-state index in [-0.39, 0.29) is 17.7 Å². The fourth-order valence-corrected chi connectivity index (χ4v) is 4.64. The lowest BCUT2D eigenvalue weighted by Gasteiger charge is -2.37. The number of rotatable bonds is 1. The van der Waals surface area contributed by atoms with Crippen molar-refractivity contribution in [2.24, 2.45) is 12.5 Å². The zero-order chi connectivity index (χ0) is 18.0. The Bertz CT molecular complexity index is 886. The number of carbonyl (C=O) groups excluding carboxylic acids is 2. The molecule has 4 heteroatoms. The van der Waals surface area contributed by atoms with Crippen LogP contribution in [0.5, 0.6) is 0 Å². The normalized spacial score (nSPS) is 25.8. The number of fused-ring (bicyclic) bond motifs is 3. The van der Waals surface area contributed by atoms with E-state index in [4.69, 9.17) is 4.74 Å². The number of aromatic nitrogens is 1. The molecule has 0 spiro atoms. The second kappa shape index (κ2) is 5.20. The molecule has 0 saturated heterocycles. The first-order valence-corrected chi connectivity index (χ1v) is 9.07. The molecule has 0 amide bonds. The van der Waals surface area contributed by atoms with Crippen LogP contribution in [-0.2, 0) is 27.8 Å². The Balaban J connectivity index is 1.91. The number of Topliss-reactive ketones (excluding diaryl/α,β-unsaturated/α-hetero) is 1. The van der Waals surface area contributed by atoms with Crippen molar-refractivity contribution in [3.05, 3.63) is 35.5 Å². The fraction of sp³-hybridized carbons (Fsp3) is 0.524. The van der Waals surface area contributed by atoms with Gasteiger partial charge in [0.05, 0.1) is 0 Å². The standard InChI is InChI=1S/C21H25NO3/c1-20(2,3)25-19(24)21-10-6-8-15(18(21)23)14-7-5-9-16-17(14)13(11-21)12-22(16)4/h5,7,9,12,15H,6,8,10-11H2,1-4H3/t15-,21-/m0/s1. The highest BCUT2D eigenvalue weighted by Crippen LogP contribution is 2.50. The Kier molecular flexibility index (Phi) is 3.40. The van der Waals surface area contributed by atoms with Crippen LogP contribution in [0.3, 0.4) is 0 Å². The zero-order valence-electron chi connectivity index (χ0n) is 15.4. The second-order valence-corrected chi connectivity index (χ2v) is 8.58. The van der Waals surface area contributed by atoms with E-state index in [2.05, 4.69) is 22.9 Å². The molecule has 0 aliphatic heterocycles. The number of benzene rings is 1. The molecule has 2 bridgehead atoms. The molecule has 132 valence electrons. The summed E-state index contributed by atoms with van der Waals surface area (Å²) in [5.74, 6) is -0.493. The van der Waals surface area contributed by atoms with Gasteiger partial charge in [0, 0.05) is 30.1 Å². The van der Waals surface area contributed by atoms with E-state index < -0.39 is 11.0 Å². The van der Waals surface area contributed by atoms with Gasteiger partial charge in [0.15, 0.2) is 5.78 Å². The molecule has 0 N–H and O–H groups in total. The lowest BCUT2D eigenvalue weighted by atomic mass is 9.66. The van der Waals surface area contributed by atoms with Crippen LogP contribution >= 0.6 is 0 Å². The second-order valence-electron chi connectivity index (χ2n) is 8.58. The van der Waals surface area contributed by atoms with Crippen molar-refractivity contribution < 1.29 is 14.3 Å². The zero-order valence-corrected chi connectivity index (χ0v) is 15.4. The Hall–Kier alpha value is -2.10. The van der Waals surface area contributed by atoms with E-state index >= 15 is 0 Å². The van der Waals surface area contributed by atoms with Crippen LogP contribution < -0.4 is 0 Å². The number of hydrogen-bond donors (Lipinski definition) is 0. The third kappa shape index (κ3) is 2.34. The van der Waals surface area contributed by atoms with Crippen LogP contribution in [0, 0.1) is 5.41 Å². The van der Waals surface area contributed by atoms with Crippen LogP contribution in [-0.4, -0.2) is 21.9 Å². The van der Waals surface area contributed by atoms with Crippen LogP contribution in [0.15, 0.2) is 24.4 Å². The van der Waals surface area contributed by atoms with Gasteiger partial charge >= 0.3 is 5.97 Å². The average molecular weight is 339 g/mol. The maximum atomic E-state index is 13.5. The minimum atomic E-state index is -1.04. The summed E-state index contributed by atoms with van der Waals surface area (Å²) < 4.78 is 7.81. The highest BCUT2D eigenvalue weighted by molar-refractivity contribution is 6.10. The molecular weight excluding hydrogens is 314 g/mol. The third-order valence-electron chi connectivity index (χ3n) is 5.67. The van der Waals surface area contributed by atoms with Crippen LogP contribution in [0.2, 0.25) is 0 Å². The van der Waals surface area contributed by atoms with Crippen molar-refractivity contribution in [1.29, 1.82) is 0 Å². The number of esters is 1. The topological polar surface area (TPSA) is 48.3 Å². The molecule has 1 fully saturated rings. The van der Waals surface area contributed by atoms with Crippen molar-refractivity contribution in [1.82, 2.24) is 4.57 Å². The van der Waals surface area contributed by atoms with Gasteiger partial charge in [-0.2, -0.15) is 0 Å². The number of ketones is 1. The first-order chi connectivity index (χ1) is 11.7. The Morgan fingerprint density at radius 3 is 2.80 bits per heavy atom. The van der Waals surface area contributed by atoms with Crippen molar-refractivity contribution >= 4 is 22.7 Å². The minimum Gasteiger partial charge on any atom is -0.459 e. The van der Waals surface area contributed by atoms with Crippen molar-refractivity contribution in [2.45, 2.75) is 58.0 Å². The molecule has 1 aromatic carbocycles. The van der Waals surface area contributed by atoms with E-state index in [9.17, 15) is 9.59 Å². The average Bonchev–Trinajstić information content (AvgIpc) is 2.82. The number of hydrogen-bond acceptors (Lipinski definition) is 3. The monoisotopic (exact) mass is 339 g/mol. The predicted molar refractivity (Wildman–Crippen MR) is 96.5 cm³/mol. The van der Waals surface area contributed by atoms with Gasteiger partial charge in [0.2, 0.25) is 0 Å². The first kappa shape index (κ1) is 16.4. The number of nitrogens with zero attached hydrogens (tertiary/aromatic N) is 1. The molecular formula is C21H25NO3. The Morgan fingerprint density at radius 2 is 2.08 bits per heavy atom. The molecule has 25 heavy (non-hydrogen) atoms. The van der Waals surface area contributed by atoms with Gasteiger partial charge in [-0.15, -0.1) is 0 Å². The maximum Gasteiger partial charge on any atom is 0.320 e. The van der Waals surface area contributed by atoms with Crippen molar-refractivity contribution in [3.63, 3.8) is 0 Å². The third-order valence-corrected chi connectivity index (χ3v) is 5.67. The Labute approximate surface area is 148 Å². The summed E-state index contributed by atoms with van der Waals surface area (Å²) in [5, 5.41) is 1.16. The molecule has 2 aliphatic rings. The molecule has 0 unspecified atom stereocenters. The summed E-state index contributed by atoms with van der Waals surface area (Å²) in [4.78, 5) is 26.6. The van der Waals surface area contributed by atoms with Gasteiger partial charge < -0.3 is 9.30 Å². The Morgan fingerprint density at radius 1 is 1.32 bits per heavy atom. The SMILES string of the molecule is Cn1cc2c3c(cccc31)[C@@H]1CCC[C@](C(=O)OC(C)(C)C)(C2)C1=O. The molecule has 4 nitrogen and oxygen atoms in total. The largest absolute Gasteiger partial charge is 0.459 e. The lowest BCUT2D eigenvalue weighted by molar-refractivity contribution is -0.172. The molecule has 2 aromatic rings. The molecule has 4 rings (SSSR count). The van der Waals surface area contributed by atoms with E-state index in [1.807, 2.05) is 33.9 Å². The number of ether oxygens (including phenoxy) is 1. The van der Waals surface area contributed by atoms with Crippen molar-refractivity contribution in [2.75, 3.05) is 0 Å². The molecule has 1 aromatic heterocycles. The highest BCUT2D eigenvalue weighted by atomic mass is 16.6. The highest BCUT2D eigenvalue weighted by Gasteiger charge is 2.54. The van der Waals surface area contributed by atoms with Crippen molar-refractivity contribution in [3.8, 4) is 0 Å². The summed E-state index contributed by atoms with van der Waals surface area (Å²) in [6.45, 7) is 5.58. The molecule has 1 saturated carbocycles. The summed E-state index contributed by atoms with van der Waals surface area (Å²) in [7, 11) is 2.02. The van der Waals surface area contributed by atoms with E-state index in [0.717, 1.165) is 34.9 Å². The van der Waals surface area contributed by atoms with E-state index in [1.165, 1.54) is 0 Å². The van der Waals surface area contributed by atoms with Gasteiger partial charge in [0.1, 0.15) is 11.0 Å². The summed E-state index contributed by atoms with van der Waals surface area (Å²) in [6.07, 6.45) is 4.81. The molecule has 2 atom stereocenters. The quantitative estimate of drug-likeness (QED) is 0.585. The van der Waals surface area contributed by atoms with Gasteiger partial charge in [-0.3, -0.25) is 9.59 Å². The summed E-state index contributed by atoms with van der Waals surface area (Å²) >= 11 is 0. The van der Waals surface area contributed by atoms with Gasteiger partial charge in [0.25, 0.3) is 0 Å². The van der Waals surface area contributed by atoms with Gasteiger partial charge in [-0.1, -0.05) is 18.6 Å². The molecule has 2 aliphatic carbocycles. The molecule has 1 heterocycles. The van der Waals surface area contributed by atoms with Crippen LogP contribution in [0.25, 0.3) is 10.9 Å².